The fourth-order valence-corrected chi connectivity index (χ4v) is 12.8. The van der Waals surface area contributed by atoms with Crippen molar-refractivity contribution in [2.24, 2.45) is 28.0 Å². The van der Waals surface area contributed by atoms with Crippen LogP contribution in [0.5, 0.6) is 34.5 Å². The van der Waals surface area contributed by atoms with E-state index in [1.807, 2.05) is 41.4 Å². The Hall–Kier alpha value is -10.7. The zero-order valence-corrected chi connectivity index (χ0v) is 69.0. The van der Waals surface area contributed by atoms with E-state index in [2.05, 4.69) is 48.7 Å². The zero-order valence-electron chi connectivity index (χ0n) is 69.0. The molecular formula is C88H116N10O21. The number of hydrogen-bond donors (Lipinski definition) is 9. The van der Waals surface area contributed by atoms with Crippen LogP contribution in [0.3, 0.4) is 0 Å². The molecule has 8 aromatic rings. The van der Waals surface area contributed by atoms with Crippen molar-refractivity contribution in [1.82, 2.24) is 24.9 Å². The fourth-order valence-electron chi connectivity index (χ4n) is 12.8. The van der Waals surface area contributed by atoms with Crippen LogP contribution < -0.4 is 42.6 Å². The highest BCUT2D eigenvalue weighted by Gasteiger charge is 2.37. The number of carboxylic acid groups (broad SMARTS) is 1. The van der Waals surface area contributed by atoms with E-state index < -0.39 is 17.8 Å². The van der Waals surface area contributed by atoms with Gasteiger partial charge in [0.25, 0.3) is 17.7 Å². The summed E-state index contributed by atoms with van der Waals surface area (Å²) in [4.78, 5) is 73.0. The van der Waals surface area contributed by atoms with Gasteiger partial charge in [-0.1, -0.05) is 27.7 Å². The predicted octanol–water partition coefficient (Wildman–Crippen LogP) is 11.2. The van der Waals surface area contributed by atoms with E-state index in [-0.39, 0.29) is 45.4 Å². The number of phenolic OH excluding ortho intramolecular Hbond substituents is 2. The van der Waals surface area contributed by atoms with Gasteiger partial charge < -0.3 is 105 Å². The van der Waals surface area contributed by atoms with Crippen LogP contribution in [-0.2, 0) is 60.2 Å². The molecule has 2 aliphatic carbocycles. The van der Waals surface area contributed by atoms with Gasteiger partial charge in [0.1, 0.15) is 34.5 Å². The van der Waals surface area contributed by atoms with Gasteiger partial charge in [0.2, 0.25) is 0 Å². The number of Topliss-reactive ketones (excluding diaryl/α,β-unsaturated/α-hetero) is 2. The number of hydrogen-bond acceptors (Lipinski definition) is 25. The first-order valence-corrected chi connectivity index (χ1v) is 40.1. The molecule has 0 atom stereocenters. The third-order valence-electron chi connectivity index (χ3n) is 18.6. The second kappa shape index (κ2) is 49.6. The van der Waals surface area contributed by atoms with Gasteiger partial charge >= 0.3 is 5.97 Å². The van der Waals surface area contributed by atoms with Crippen molar-refractivity contribution in [3.8, 4) is 45.9 Å². The number of fused-ring (bicyclic) bond motifs is 2. The first-order valence-electron chi connectivity index (χ1n) is 40.1. The molecular weight excluding hydrogens is 1530 g/mol. The Morgan fingerprint density at radius 1 is 0.412 bits per heavy atom. The largest absolute Gasteiger partial charge is 0.508 e. The molecule has 2 aliphatic rings. The maximum atomic E-state index is 12.9. The number of carbonyl (C=O) groups excluding carboxylic acids is 5. The summed E-state index contributed by atoms with van der Waals surface area (Å²) in [7, 11) is 0. The number of ketones is 2. The van der Waals surface area contributed by atoms with Crippen LogP contribution in [0.15, 0.2) is 133 Å². The summed E-state index contributed by atoms with van der Waals surface area (Å²) in [6.45, 7) is 24.2. The number of benzene rings is 6. The molecule has 2 heterocycles. The molecule has 3 amide bonds. The maximum Gasteiger partial charge on any atom is 0.335 e. The molecule has 0 radical (unpaired) electrons. The fraction of sp³-hybridized carbons (Fsp3) is 0.455. The van der Waals surface area contributed by atoms with Crippen molar-refractivity contribution in [3.05, 3.63) is 190 Å². The van der Waals surface area contributed by atoms with Crippen LogP contribution in [0.4, 0.5) is 11.4 Å². The Morgan fingerprint density at radius 2 is 0.714 bits per heavy atom. The third kappa shape index (κ3) is 32.2. The summed E-state index contributed by atoms with van der Waals surface area (Å²) in [6, 6.07) is 36.4. The lowest BCUT2D eigenvalue weighted by atomic mass is 9.75. The van der Waals surface area contributed by atoms with E-state index in [1.54, 1.807) is 91.0 Å². The minimum absolute atomic E-state index is 0.113. The van der Waals surface area contributed by atoms with Gasteiger partial charge in [-0.15, -0.1) is 0 Å². The standard InChI is InChI=1S/C44H57N5O10.C31H49N5O7.C13H10O4/c1-31-41-39(29-44(2,3)30-40(41)51)49(48-31)33-8-15-37(42(45)52)38(28-33)46-16-4-18-54-20-22-56-24-26-58-27-25-57-23-21-55-19-5-17-47-43(53)32-6-11-35(12-7-32)59-36-13-9-34(50)10-14-36;1-23-29-27(21-31(2,3)22-28(29)37)36(35-23)24-6-7-25(30(33)38)26(20-24)34-9-5-11-40-13-15-42-17-19-43-18-16-41-14-12-39-10-4-8-32;14-10-3-7-12(8-4-10)17-11-5-1-9(2-6-11)13(15)16/h6-15,28,46,50H,4-5,16-27,29-30H2,1-3H3,(H2,45,52)(H,47,53);6-7,20,34H,4-5,8-19,21-22,32H2,1-3H3,(H2,33,38);1-8,14H,(H,15,16). The number of rotatable bonds is 51. The number of primary amides is 2. The molecule has 119 heavy (non-hydrogen) atoms. The normalized spacial score (nSPS) is 13.1. The number of amides is 3. The number of aromatic nitrogens is 4. The Labute approximate surface area is 694 Å². The Balaban J connectivity index is 0.000000255. The number of nitrogens with zero attached hydrogens (tertiary/aromatic N) is 4. The number of anilines is 2. The van der Waals surface area contributed by atoms with Crippen molar-refractivity contribution in [2.75, 3.05) is 169 Å². The first-order chi connectivity index (χ1) is 57.4. The molecule has 31 heteroatoms. The summed E-state index contributed by atoms with van der Waals surface area (Å²) in [5.74, 6) is 0.678. The molecule has 31 nitrogen and oxygen atoms in total. The average Bonchev–Trinajstić information content (AvgIpc) is 1.62. The molecule has 6 aromatic carbocycles. The zero-order chi connectivity index (χ0) is 85.4. The van der Waals surface area contributed by atoms with Crippen molar-refractivity contribution in [2.45, 2.75) is 92.9 Å². The van der Waals surface area contributed by atoms with Crippen LogP contribution in [0.1, 0.15) is 151 Å². The summed E-state index contributed by atoms with van der Waals surface area (Å²) < 4.78 is 70.2. The molecule has 0 saturated heterocycles. The Bertz CT molecular complexity index is 4480. The van der Waals surface area contributed by atoms with Crippen molar-refractivity contribution >= 4 is 46.6 Å². The monoisotopic (exact) mass is 1650 g/mol. The van der Waals surface area contributed by atoms with E-state index in [1.165, 1.54) is 24.3 Å². The van der Waals surface area contributed by atoms with Gasteiger partial charge in [-0.25, -0.2) is 14.2 Å². The number of phenols is 2. The number of aromatic carboxylic acids is 1. The molecule has 12 N–H and O–H groups in total. The number of carboxylic acids is 1. The second-order valence-electron chi connectivity index (χ2n) is 29.7. The van der Waals surface area contributed by atoms with Crippen molar-refractivity contribution in [3.63, 3.8) is 0 Å². The third-order valence-corrected chi connectivity index (χ3v) is 18.6. The van der Waals surface area contributed by atoms with Crippen molar-refractivity contribution in [1.29, 1.82) is 0 Å². The van der Waals surface area contributed by atoms with Crippen LogP contribution in [0, 0.1) is 24.7 Å². The number of carbonyl (C=O) groups is 6. The summed E-state index contributed by atoms with van der Waals surface area (Å²) in [6.07, 6.45) is 5.43. The number of ether oxygens (including phenoxy) is 12. The molecule has 0 spiro atoms. The lowest BCUT2D eigenvalue weighted by Crippen LogP contribution is -2.28. The topological polar surface area (TPSA) is 424 Å². The van der Waals surface area contributed by atoms with Gasteiger partial charge in [-0.05, 0) is 203 Å². The molecule has 0 aliphatic heterocycles. The van der Waals surface area contributed by atoms with Crippen molar-refractivity contribution < 1.29 is 101 Å². The molecule has 0 bridgehead atoms. The highest BCUT2D eigenvalue weighted by Crippen LogP contribution is 2.40. The van der Waals surface area contributed by atoms with Gasteiger partial charge in [-0.2, -0.15) is 10.2 Å². The van der Waals surface area contributed by atoms with E-state index >= 15 is 0 Å². The molecule has 2 aromatic heterocycles. The smallest absolute Gasteiger partial charge is 0.335 e. The predicted molar refractivity (Wildman–Crippen MR) is 448 cm³/mol. The number of aryl methyl sites for hydroxylation is 2. The quantitative estimate of drug-likeness (QED) is 0.0160. The van der Waals surface area contributed by atoms with Crippen LogP contribution >= 0.6 is 0 Å². The number of nitrogens with two attached hydrogens (primary N) is 3. The van der Waals surface area contributed by atoms with Crippen LogP contribution in [0.25, 0.3) is 11.4 Å². The minimum Gasteiger partial charge on any atom is -0.508 e. The van der Waals surface area contributed by atoms with Gasteiger partial charge in [0, 0.05) is 75.8 Å². The Kier molecular flexibility index (Phi) is 39.1. The van der Waals surface area contributed by atoms with Gasteiger partial charge in [0.15, 0.2) is 11.6 Å². The minimum atomic E-state index is -0.971. The molecule has 644 valence electrons. The van der Waals surface area contributed by atoms with Crippen LogP contribution in [-0.4, -0.2) is 228 Å². The summed E-state index contributed by atoms with van der Waals surface area (Å²) in [5.41, 5.74) is 25.3. The summed E-state index contributed by atoms with van der Waals surface area (Å²) >= 11 is 0. The summed E-state index contributed by atoms with van der Waals surface area (Å²) in [5, 5.41) is 46.1. The molecule has 0 fully saturated rings. The lowest BCUT2D eigenvalue weighted by Gasteiger charge is -2.29. The SMILES string of the molecule is Cc1nn(-c2ccc(C(N)=O)c(NCCCOCCOCCOCCOCCOCCCN)c2)c2c1C(=O)CC(C)(C)C2.Cc1nn(-c2ccc(C(N)=O)c(NCCCOCCOCCOCCOCCOCCCNC(=O)c3ccc(Oc4ccc(O)cc4)cc3)c2)c2c1C(=O)CC(C)(C)C2.O=C(O)c1ccc(Oc2ccc(O)cc2)cc1. The number of nitrogens with one attached hydrogen (secondary N) is 3. The van der Waals surface area contributed by atoms with E-state index in [9.17, 15) is 33.9 Å². The lowest BCUT2D eigenvalue weighted by molar-refractivity contribution is -0.0111. The maximum absolute atomic E-state index is 12.9. The van der Waals surface area contributed by atoms with Gasteiger partial charge in [0.05, 0.1) is 168 Å². The average molecular weight is 1650 g/mol. The first kappa shape index (κ1) is 93.8. The second-order valence-corrected chi connectivity index (χ2v) is 29.7. The Morgan fingerprint density at radius 3 is 1.03 bits per heavy atom. The van der Waals surface area contributed by atoms with E-state index in [0.717, 1.165) is 54.1 Å². The molecule has 0 saturated carbocycles. The number of aromatic hydroxyl groups is 2. The van der Waals surface area contributed by atoms with Gasteiger partial charge in [-0.3, -0.25) is 24.0 Å². The van der Waals surface area contributed by atoms with E-state index in [0.29, 0.717) is 252 Å². The highest BCUT2D eigenvalue weighted by atomic mass is 16.6. The molecule has 0 unspecified atom stereocenters. The van der Waals surface area contributed by atoms with Crippen LogP contribution in [0.2, 0.25) is 0 Å². The molecule has 10 rings (SSSR count). The highest BCUT2D eigenvalue weighted by molar-refractivity contribution is 6.02. The van der Waals surface area contributed by atoms with E-state index in [4.69, 9.17) is 89.4 Å².